The molecular formula is C12H19NO3S. The van der Waals surface area contributed by atoms with Crippen molar-refractivity contribution in [2.24, 2.45) is 5.92 Å². The van der Waals surface area contributed by atoms with Gasteiger partial charge in [0.25, 0.3) is 5.91 Å². The molecule has 0 radical (unpaired) electrons. The van der Waals surface area contributed by atoms with Crippen LogP contribution in [0.25, 0.3) is 0 Å². The molecule has 0 aliphatic rings. The quantitative estimate of drug-likeness (QED) is 0.818. The van der Waals surface area contributed by atoms with Gasteiger partial charge in [0, 0.05) is 18.0 Å². The Morgan fingerprint density at radius 1 is 1.65 bits per heavy atom. The van der Waals surface area contributed by atoms with Gasteiger partial charge in [0.15, 0.2) is 0 Å². The van der Waals surface area contributed by atoms with Gasteiger partial charge >= 0.3 is 0 Å². The molecule has 0 fully saturated rings. The van der Waals surface area contributed by atoms with Crippen LogP contribution in [-0.4, -0.2) is 30.8 Å². The van der Waals surface area contributed by atoms with Crippen molar-refractivity contribution in [1.29, 1.82) is 0 Å². The molecule has 1 aromatic heterocycles. The Hall–Kier alpha value is -1.07. The fourth-order valence-corrected chi connectivity index (χ4v) is 2.07. The van der Waals surface area contributed by atoms with Crippen molar-refractivity contribution in [3.8, 4) is 5.75 Å². The summed E-state index contributed by atoms with van der Waals surface area (Å²) in [6, 6.07) is 1.69. The number of rotatable bonds is 6. The highest BCUT2D eigenvalue weighted by molar-refractivity contribution is 7.12. The molecule has 0 aromatic carbocycles. The van der Waals surface area contributed by atoms with E-state index in [2.05, 4.69) is 5.32 Å². The van der Waals surface area contributed by atoms with Crippen LogP contribution in [0.3, 0.4) is 0 Å². The topological polar surface area (TPSA) is 58.6 Å². The first-order valence-corrected chi connectivity index (χ1v) is 6.55. The Labute approximate surface area is 106 Å². The van der Waals surface area contributed by atoms with Gasteiger partial charge in [-0.3, -0.25) is 4.79 Å². The second-order valence-corrected chi connectivity index (χ2v) is 4.92. The summed E-state index contributed by atoms with van der Waals surface area (Å²) in [7, 11) is 1.57. The lowest BCUT2D eigenvalue weighted by Crippen LogP contribution is -2.35. The minimum absolute atomic E-state index is 0.166. The monoisotopic (exact) mass is 257 g/mol. The Bertz CT molecular complexity index is 364. The lowest BCUT2D eigenvalue weighted by Gasteiger charge is -2.17. The molecule has 0 aliphatic carbocycles. The molecule has 1 aromatic rings. The van der Waals surface area contributed by atoms with E-state index < -0.39 is 6.10 Å². The van der Waals surface area contributed by atoms with Crippen molar-refractivity contribution in [3.63, 3.8) is 0 Å². The third-order valence-electron chi connectivity index (χ3n) is 2.81. The van der Waals surface area contributed by atoms with Crippen molar-refractivity contribution >= 4 is 17.2 Å². The number of aliphatic hydroxyl groups excluding tert-OH is 1. The average Bonchev–Trinajstić information content (AvgIpc) is 2.83. The fourth-order valence-electron chi connectivity index (χ4n) is 1.30. The molecule has 2 N–H and O–H groups in total. The number of nitrogens with one attached hydrogen (secondary N) is 1. The summed E-state index contributed by atoms with van der Waals surface area (Å²) in [6.07, 6.45) is 0.398. The molecule has 17 heavy (non-hydrogen) atoms. The van der Waals surface area contributed by atoms with Crippen LogP contribution in [-0.2, 0) is 0 Å². The molecule has 0 aliphatic heterocycles. The highest BCUT2D eigenvalue weighted by Crippen LogP contribution is 2.20. The minimum Gasteiger partial charge on any atom is -0.496 e. The van der Waals surface area contributed by atoms with Gasteiger partial charge in [0.1, 0.15) is 5.75 Å². The largest absolute Gasteiger partial charge is 0.496 e. The standard InChI is InChI=1S/C12H19NO3S/c1-4-8(2)10(14)6-13-12(15)11-5-9(16-3)7-17-11/h5,7-8,10,14H,4,6H2,1-3H3,(H,13,15). The molecule has 2 unspecified atom stereocenters. The first kappa shape index (κ1) is 14.0. The number of carbonyl (C=O) groups is 1. The first-order chi connectivity index (χ1) is 8.08. The molecule has 0 bridgehead atoms. The maximum absolute atomic E-state index is 11.7. The Kier molecular flexibility index (Phi) is 5.44. The van der Waals surface area contributed by atoms with Crippen molar-refractivity contribution in [2.75, 3.05) is 13.7 Å². The van der Waals surface area contributed by atoms with Crippen molar-refractivity contribution in [1.82, 2.24) is 5.32 Å². The molecule has 1 heterocycles. The molecule has 0 saturated carbocycles. The number of ether oxygens (including phenoxy) is 1. The summed E-state index contributed by atoms with van der Waals surface area (Å²) < 4.78 is 5.01. The van der Waals surface area contributed by atoms with E-state index in [1.54, 1.807) is 18.6 Å². The number of amides is 1. The van der Waals surface area contributed by atoms with Gasteiger partial charge in [0.2, 0.25) is 0 Å². The van der Waals surface area contributed by atoms with E-state index in [1.165, 1.54) is 11.3 Å². The van der Waals surface area contributed by atoms with Crippen LogP contribution in [0.1, 0.15) is 29.9 Å². The summed E-state index contributed by atoms with van der Waals surface area (Å²) in [5.74, 6) is 0.705. The van der Waals surface area contributed by atoms with Crippen LogP contribution >= 0.6 is 11.3 Å². The fraction of sp³-hybridized carbons (Fsp3) is 0.583. The zero-order chi connectivity index (χ0) is 12.8. The SMILES string of the molecule is CCC(C)C(O)CNC(=O)c1cc(OC)cs1. The normalized spacial score (nSPS) is 14.1. The highest BCUT2D eigenvalue weighted by atomic mass is 32.1. The summed E-state index contributed by atoms with van der Waals surface area (Å²) in [5.41, 5.74) is 0. The molecule has 5 heteroatoms. The first-order valence-electron chi connectivity index (χ1n) is 5.67. The molecule has 96 valence electrons. The Morgan fingerprint density at radius 3 is 2.88 bits per heavy atom. The van der Waals surface area contributed by atoms with Gasteiger partial charge in [0.05, 0.1) is 18.1 Å². The van der Waals surface area contributed by atoms with Crippen LogP contribution in [0.4, 0.5) is 0 Å². The lowest BCUT2D eigenvalue weighted by atomic mass is 10.0. The smallest absolute Gasteiger partial charge is 0.261 e. The molecule has 2 atom stereocenters. The summed E-state index contributed by atoms with van der Waals surface area (Å²) in [5, 5.41) is 14.2. The second kappa shape index (κ2) is 6.61. The number of hydrogen-bond donors (Lipinski definition) is 2. The Morgan fingerprint density at radius 2 is 2.35 bits per heavy atom. The van der Waals surface area contributed by atoms with E-state index >= 15 is 0 Å². The molecular weight excluding hydrogens is 238 g/mol. The van der Waals surface area contributed by atoms with Gasteiger partial charge < -0.3 is 15.2 Å². The molecule has 4 nitrogen and oxygen atoms in total. The summed E-state index contributed by atoms with van der Waals surface area (Å²) in [6.45, 7) is 4.26. The zero-order valence-corrected chi connectivity index (χ0v) is 11.2. The number of thiophene rings is 1. The minimum atomic E-state index is -0.495. The van der Waals surface area contributed by atoms with Crippen LogP contribution in [0, 0.1) is 5.92 Å². The molecule has 1 rings (SSSR count). The van der Waals surface area contributed by atoms with Crippen molar-refractivity contribution in [3.05, 3.63) is 16.3 Å². The van der Waals surface area contributed by atoms with Crippen LogP contribution in [0.15, 0.2) is 11.4 Å². The summed E-state index contributed by atoms with van der Waals surface area (Å²) >= 11 is 1.33. The zero-order valence-electron chi connectivity index (χ0n) is 10.4. The number of hydrogen-bond acceptors (Lipinski definition) is 4. The van der Waals surface area contributed by atoms with Gasteiger partial charge in [-0.05, 0) is 5.92 Å². The number of carbonyl (C=O) groups excluding carboxylic acids is 1. The van der Waals surface area contributed by atoms with E-state index in [0.29, 0.717) is 10.6 Å². The second-order valence-electron chi connectivity index (χ2n) is 4.01. The van der Waals surface area contributed by atoms with Gasteiger partial charge in [-0.15, -0.1) is 11.3 Å². The Balaban J connectivity index is 2.44. The van der Waals surface area contributed by atoms with Gasteiger partial charge in [-0.1, -0.05) is 20.3 Å². The van der Waals surface area contributed by atoms with E-state index in [1.807, 2.05) is 13.8 Å². The maximum atomic E-state index is 11.7. The lowest BCUT2D eigenvalue weighted by molar-refractivity contribution is 0.0853. The third-order valence-corrected chi connectivity index (χ3v) is 3.71. The van der Waals surface area contributed by atoms with Gasteiger partial charge in [-0.25, -0.2) is 0 Å². The van der Waals surface area contributed by atoms with Crippen molar-refractivity contribution < 1.29 is 14.6 Å². The third kappa shape index (κ3) is 4.02. The summed E-state index contributed by atoms with van der Waals surface area (Å²) in [4.78, 5) is 12.3. The van der Waals surface area contributed by atoms with Crippen molar-refractivity contribution in [2.45, 2.75) is 26.4 Å². The predicted molar refractivity (Wildman–Crippen MR) is 68.7 cm³/mol. The average molecular weight is 257 g/mol. The van der Waals surface area contributed by atoms with E-state index in [4.69, 9.17) is 4.74 Å². The number of aliphatic hydroxyl groups is 1. The highest BCUT2D eigenvalue weighted by Gasteiger charge is 2.15. The van der Waals surface area contributed by atoms with E-state index in [-0.39, 0.29) is 18.4 Å². The maximum Gasteiger partial charge on any atom is 0.261 e. The van der Waals surface area contributed by atoms with E-state index in [9.17, 15) is 9.90 Å². The van der Waals surface area contributed by atoms with Crippen LogP contribution in [0.5, 0.6) is 5.75 Å². The van der Waals surface area contributed by atoms with E-state index in [0.717, 1.165) is 6.42 Å². The van der Waals surface area contributed by atoms with Crippen LogP contribution < -0.4 is 10.1 Å². The van der Waals surface area contributed by atoms with Crippen LogP contribution in [0.2, 0.25) is 0 Å². The number of methoxy groups -OCH3 is 1. The molecule has 0 saturated heterocycles. The van der Waals surface area contributed by atoms with Gasteiger partial charge in [-0.2, -0.15) is 0 Å². The molecule has 1 amide bonds. The predicted octanol–water partition coefficient (Wildman–Crippen LogP) is 1.89. The molecule has 0 spiro atoms.